The number of halogens is 3. The fourth-order valence-corrected chi connectivity index (χ4v) is 3.07. The molecule has 1 aromatic carbocycles. The van der Waals surface area contributed by atoms with Crippen molar-refractivity contribution < 1.29 is 13.2 Å². The maximum atomic E-state index is 13.1. The second kappa shape index (κ2) is 5.54. The minimum Gasteiger partial charge on any atom is -0.382 e. The van der Waals surface area contributed by atoms with Crippen molar-refractivity contribution in [2.75, 3.05) is 5.32 Å². The third kappa shape index (κ3) is 3.12. The molecule has 2 aromatic rings. The van der Waals surface area contributed by atoms with Crippen molar-refractivity contribution in [1.82, 2.24) is 4.98 Å². The Kier molecular flexibility index (Phi) is 3.74. The van der Waals surface area contributed by atoms with E-state index in [1.807, 2.05) is 24.3 Å². The topological polar surface area (TPSA) is 24.9 Å². The Labute approximate surface area is 121 Å². The summed E-state index contributed by atoms with van der Waals surface area (Å²) in [6.45, 7) is 0. The van der Waals surface area contributed by atoms with Gasteiger partial charge in [-0.25, -0.2) is 0 Å². The lowest BCUT2D eigenvalue weighted by molar-refractivity contribution is -0.184. The molecule has 5 heteroatoms. The smallest absolute Gasteiger partial charge is 0.382 e. The Morgan fingerprint density at radius 3 is 2.71 bits per heavy atom. The molecule has 1 aromatic heterocycles. The van der Waals surface area contributed by atoms with E-state index in [2.05, 4.69) is 10.3 Å². The molecule has 0 radical (unpaired) electrons. The van der Waals surface area contributed by atoms with Crippen molar-refractivity contribution >= 4 is 16.6 Å². The van der Waals surface area contributed by atoms with Crippen LogP contribution < -0.4 is 5.32 Å². The number of benzene rings is 1. The molecule has 1 aliphatic carbocycles. The van der Waals surface area contributed by atoms with Crippen LogP contribution in [0.15, 0.2) is 36.5 Å². The van der Waals surface area contributed by atoms with Gasteiger partial charge in [0.25, 0.3) is 0 Å². The predicted octanol–water partition coefficient (Wildman–Crippen LogP) is 4.77. The zero-order valence-corrected chi connectivity index (χ0v) is 11.5. The minimum absolute atomic E-state index is 0.219. The lowest BCUT2D eigenvalue weighted by Crippen LogP contribution is -2.41. The molecule has 3 rings (SSSR count). The van der Waals surface area contributed by atoms with Crippen LogP contribution in [0.5, 0.6) is 0 Å². The second-order valence-electron chi connectivity index (χ2n) is 5.59. The molecular weight excluding hydrogens is 277 g/mol. The highest BCUT2D eigenvalue weighted by atomic mass is 19.4. The first-order chi connectivity index (χ1) is 10.0. The summed E-state index contributed by atoms with van der Waals surface area (Å²) in [7, 11) is 0. The zero-order valence-electron chi connectivity index (χ0n) is 11.5. The molecule has 0 aliphatic heterocycles. The summed E-state index contributed by atoms with van der Waals surface area (Å²) in [4.78, 5) is 4.22. The molecule has 1 heterocycles. The molecule has 112 valence electrons. The van der Waals surface area contributed by atoms with Crippen LogP contribution in [0.3, 0.4) is 0 Å². The van der Waals surface area contributed by atoms with Gasteiger partial charge in [0.2, 0.25) is 0 Å². The van der Waals surface area contributed by atoms with E-state index in [0.717, 1.165) is 23.0 Å². The summed E-state index contributed by atoms with van der Waals surface area (Å²) in [5.41, 5.74) is 1.58. The van der Waals surface area contributed by atoms with Crippen molar-refractivity contribution in [3.05, 3.63) is 36.5 Å². The number of nitrogens with zero attached hydrogens (tertiary/aromatic N) is 1. The van der Waals surface area contributed by atoms with Gasteiger partial charge in [0, 0.05) is 23.3 Å². The van der Waals surface area contributed by atoms with E-state index in [0.29, 0.717) is 12.8 Å². The lowest BCUT2D eigenvalue weighted by Gasteiger charge is -2.34. The van der Waals surface area contributed by atoms with Crippen LogP contribution in [-0.2, 0) is 0 Å². The van der Waals surface area contributed by atoms with E-state index >= 15 is 0 Å². The van der Waals surface area contributed by atoms with Gasteiger partial charge in [-0.2, -0.15) is 13.2 Å². The Morgan fingerprint density at radius 2 is 1.90 bits per heavy atom. The maximum Gasteiger partial charge on any atom is 0.393 e. The van der Waals surface area contributed by atoms with E-state index < -0.39 is 18.1 Å². The summed E-state index contributed by atoms with van der Waals surface area (Å²) >= 11 is 0. The summed E-state index contributed by atoms with van der Waals surface area (Å²) in [5, 5.41) is 4.01. The Balaban J connectivity index is 1.82. The number of hydrogen-bond acceptors (Lipinski definition) is 2. The molecular formula is C16H17F3N2. The number of hydrogen-bond donors (Lipinski definition) is 1. The molecule has 0 spiro atoms. The molecule has 1 fully saturated rings. The molecule has 0 saturated heterocycles. The minimum atomic E-state index is -4.13. The first-order valence-electron chi connectivity index (χ1n) is 7.22. The molecule has 1 N–H and O–H groups in total. The third-order valence-corrected chi connectivity index (χ3v) is 4.14. The second-order valence-corrected chi connectivity index (χ2v) is 5.59. The molecule has 2 unspecified atom stereocenters. The summed E-state index contributed by atoms with van der Waals surface area (Å²) in [5.74, 6) is -1.25. The molecule has 1 aliphatic rings. The number of rotatable bonds is 2. The molecule has 0 amide bonds. The van der Waals surface area contributed by atoms with Crippen LogP contribution in [-0.4, -0.2) is 17.2 Å². The first kappa shape index (κ1) is 14.2. The first-order valence-corrected chi connectivity index (χ1v) is 7.22. The lowest BCUT2D eigenvalue weighted by atomic mass is 9.84. The number of fused-ring (bicyclic) bond motifs is 1. The van der Waals surface area contributed by atoms with Gasteiger partial charge in [0.15, 0.2) is 0 Å². The number of pyridine rings is 1. The number of anilines is 1. The van der Waals surface area contributed by atoms with Crippen molar-refractivity contribution in [3.8, 4) is 0 Å². The van der Waals surface area contributed by atoms with Gasteiger partial charge in [-0.1, -0.05) is 18.9 Å². The van der Waals surface area contributed by atoms with Gasteiger partial charge in [-0.15, -0.1) is 0 Å². The normalized spacial score (nSPS) is 23.2. The highest BCUT2D eigenvalue weighted by Crippen LogP contribution is 2.39. The Morgan fingerprint density at radius 1 is 1.10 bits per heavy atom. The molecule has 2 nitrogen and oxygen atoms in total. The van der Waals surface area contributed by atoms with E-state index in [4.69, 9.17) is 0 Å². The fraction of sp³-hybridized carbons (Fsp3) is 0.438. The van der Waals surface area contributed by atoms with Crippen LogP contribution in [0.2, 0.25) is 0 Å². The van der Waals surface area contributed by atoms with Gasteiger partial charge < -0.3 is 5.32 Å². The highest BCUT2D eigenvalue weighted by Gasteiger charge is 2.45. The summed E-state index contributed by atoms with van der Waals surface area (Å²) in [6, 6.07) is 8.71. The average Bonchev–Trinajstić information content (AvgIpc) is 2.46. The average molecular weight is 294 g/mol. The van der Waals surface area contributed by atoms with Crippen molar-refractivity contribution in [2.45, 2.75) is 37.9 Å². The number of alkyl halides is 3. The number of aromatic nitrogens is 1. The van der Waals surface area contributed by atoms with E-state index in [1.165, 1.54) is 0 Å². The van der Waals surface area contributed by atoms with E-state index in [9.17, 15) is 13.2 Å². The Bertz CT molecular complexity index is 624. The highest BCUT2D eigenvalue weighted by molar-refractivity contribution is 5.82. The zero-order chi connectivity index (χ0) is 14.9. The van der Waals surface area contributed by atoms with Crippen LogP contribution in [0.1, 0.15) is 25.7 Å². The molecule has 0 bridgehead atoms. The van der Waals surface area contributed by atoms with Crippen molar-refractivity contribution in [1.29, 1.82) is 0 Å². The van der Waals surface area contributed by atoms with Gasteiger partial charge >= 0.3 is 6.18 Å². The third-order valence-electron chi connectivity index (χ3n) is 4.14. The molecule has 21 heavy (non-hydrogen) atoms. The number of nitrogens with one attached hydrogen (secondary N) is 1. The molecule has 1 saturated carbocycles. The van der Waals surface area contributed by atoms with Crippen LogP contribution >= 0.6 is 0 Å². The summed E-state index contributed by atoms with van der Waals surface area (Å²) < 4.78 is 39.3. The SMILES string of the molecule is FC(F)(F)C1CCCCC1Nc1ccc2ncccc2c1. The van der Waals surface area contributed by atoms with Crippen LogP contribution in [0.4, 0.5) is 18.9 Å². The van der Waals surface area contributed by atoms with Crippen molar-refractivity contribution in [3.63, 3.8) is 0 Å². The molecule has 2 atom stereocenters. The van der Waals surface area contributed by atoms with E-state index in [1.54, 1.807) is 12.3 Å². The van der Waals surface area contributed by atoms with E-state index in [-0.39, 0.29) is 6.42 Å². The van der Waals surface area contributed by atoms with Crippen LogP contribution in [0, 0.1) is 5.92 Å². The quantitative estimate of drug-likeness (QED) is 0.863. The Hall–Kier alpha value is -1.78. The van der Waals surface area contributed by atoms with Gasteiger partial charge in [0.05, 0.1) is 11.4 Å². The van der Waals surface area contributed by atoms with Gasteiger partial charge in [0.1, 0.15) is 0 Å². The largest absolute Gasteiger partial charge is 0.393 e. The van der Waals surface area contributed by atoms with Crippen LogP contribution in [0.25, 0.3) is 10.9 Å². The summed E-state index contributed by atoms with van der Waals surface area (Å²) in [6.07, 6.45) is -0.137. The predicted molar refractivity (Wildman–Crippen MR) is 77.2 cm³/mol. The maximum absolute atomic E-state index is 13.1. The van der Waals surface area contributed by atoms with Crippen molar-refractivity contribution in [2.24, 2.45) is 5.92 Å². The van der Waals surface area contributed by atoms with Gasteiger partial charge in [-0.3, -0.25) is 4.98 Å². The van der Waals surface area contributed by atoms with Gasteiger partial charge in [-0.05, 0) is 37.1 Å². The monoisotopic (exact) mass is 294 g/mol. The fourth-order valence-electron chi connectivity index (χ4n) is 3.07. The standard InChI is InChI=1S/C16H17F3N2/c17-16(18,19)13-5-1-2-6-15(13)21-12-7-8-14-11(10-12)4-3-9-20-14/h3-4,7-10,13,15,21H,1-2,5-6H2.